The number of amides is 1. The lowest BCUT2D eigenvalue weighted by Crippen LogP contribution is -2.37. The second kappa shape index (κ2) is 4.51. The molecule has 0 aliphatic rings. The van der Waals surface area contributed by atoms with E-state index in [1.165, 1.54) is 5.56 Å². The first-order chi connectivity index (χ1) is 6.56. The maximum atomic E-state index is 11.0. The first kappa shape index (κ1) is 11.1. The maximum Gasteiger partial charge on any atom is 0.234 e. The first-order valence-corrected chi connectivity index (χ1v) is 5.05. The van der Waals surface area contributed by atoms with E-state index in [-0.39, 0.29) is 17.2 Å². The van der Waals surface area contributed by atoms with Gasteiger partial charge in [-0.1, -0.05) is 13.8 Å². The van der Waals surface area contributed by atoms with Crippen molar-refractivity contribution < 1.29 is 4.79 Å². The van der Waals surface area contributed by atoms with Crippen LogP contribution in [0.5, 0.6) is 0 Å². The number of aromatic amines is 1. The maximum absolute atomic E-state index is 11.0. The lowest BCUT2D eigenvalue weighted by Gasteiger charge is -2.23. The fourth-order valence-electron chi connectivity index (χ4n) is 1.21. The minimum absolute atomic E-state index is 0.0171. The van der Waals surface area contributed by atoms with Gasteiger partial charge >= 0.3 is 0 Å². The van der Waals surface area contributed by atoms with Gasteiger partial charge in [0.25, 0.3) is 0 Å². The van der Waals surface area contributed by atoms with E-state index in [0.29, 0.717) is 6.54 Å². The molecule has 0 saturated carbocycles. The number of carbonyl (C=O) groups excluding carboxylic acids is 1. The van der Waals surface area contributed by atoms with Crippen molar-refractivity contribution in [2.45, 2.75) is 19.3 Å². The number of nitrogens with one attached hydrogen (secondary N) is 2. The third-order valence-corrected chi connectivity index (χ3v) is 2.47. The van der Waals surface area contributed by atoms with Gasteiger partial charge in [0.1, 0.15) is 5.88 Å². The Labute approximate surface area is 88.8 Å². The monoisotopic (exact) mass is 214 g/mol. The van der Waals surface area contributed by atoms with Crippen LogP contribution in [-0.2, 0) is 10.2 Å². The third-order valence-electron chi connectivity index (χ3n) is 2.23. The molecule has 0 radical (unpaired) electrons. The van der Waals surface area contributed by atoms with Gasteiger partial charge in [0.2, 0.25) is 5.91 Å². The fraction of sp³-hybridized carbons (Fsp3) is 0.500. The molecule has 1 rings (SSSR count). The molecule has 0 aliphatic heterocycles. The number of halogens is 1. The van der Waals surface area contributed by atoms with E-state index in [1.54, 1.807) is 0 Å². The van der Waals surface area contributed by atoms with Crippen LogP contribution in [0.15, 0.2) is 18.5 Å². The summed E-state index contributed by atoms with van der Waals surface area (Å²) in [7, 11) is 0. The molecule has 4 heteroatoms. The minimum atomic E-state index is -0.129. The topological polar surface area (TPSA) is 44.9 Å². The molecule has 2 N–H and O–H groups in total. The molecule has 0 fully saturated rings. The Morgan fingerprint density at radius 3 is 2.86 bits per heavy atom. The summed E-state index contributed by atoms with van der Waals surface area (Å²) in [5.74, 6) is -0.112. The van der Waals surface area contributed by atoms with E-state index in [1.807, 2.05) is 18.5 Å². The molecule has 1 amide bonds. The molecule has 0 aromatic carbocycles. The molecular formula is C10H15ClN2O. The van der Waals surface area contributed by atoms with Gasteiger partial charge in [-0.05, 0) is 11.6 Å². The summed E-state index contributed by atoms with van der Waals surface area (Å²) < 4.78 is 0. The summed E-state index contributed by atoms with van der Waals surface area (Å²) in [4.78, 5) is 14.0. The van der Waals surface area contributed by atoms with E-state index in [2.05, 4.69) is 24.1 Å². The summed E-state index contributed by atoms with van der Waals surface area (Å²) in [5, 5.41) is 2.78. The molecule has 0 spiro atoms. The van der Waals surface area contributed by atoms with Gasteiger partial charge in [-0.3, -0.25) is 4.79 Å². The van der Waals surface area contributed by atoms with Crippen LogP contribution in [0.2, 0.25) is 0 Å². The van der Waals surface area contributed by atoms with E-state index >= 15 is 0 Å². The highest BCUT2D eigenvalue weighted by atomic mass is 35.5. The number of aromatic nitrogens is 1. The average Bonchev–Trinajstić information content (AvgIpc) is 2.67. The molecule has 0 saturated heterocycles. The number of hydrogen-bond donors (Lipinski definition) is 2. The summed E-state index contributed by atoms with van der Waals surface area (Å²) in [6.07, 6.45) is 3.81. The summed E-state index contributed by atoms with van der Waals surface area (Å²) in [6, 6.07) is 2.01. The van der Waals surface area contributed by atoms with Gasteiger partial charge in [-0.25, -0.2) is 0 Å². The van der Waals surface area contributed by atoms with Crippen LogP contribution in [0.1, 0.15) is 19.4 Å². The zero-order chi connectivity index (χ0) is 10.6. The predicted molar refractivity (Wildman–Crippen MR) is 57.5 cm³/mol. The molecule has 14 heavy (non-hydrogen) atoms. The van der Waals surface area contributed by atoms with Gasteiger partial charge in [0.15, 0.2) is 0 Å². The molecule has 0 bridgehead atoms. The zero-order valence-electron chi connectivity index (χ0n) is 8.43. The third kappa shape index (κ3) is 2.77. The second-order valence-electron chi connectivity index (χ2n) is 3.89. The van der Waals surface area contributed by atoms with Crippen LogP contribution < -0.4 is 5.32 Å². The lowest BCUT2D eigenvalue weighted by molar-refractivity contribution is -0.118. The van der Waals surface area contributed by atoms with Crippen LogP contribution in [0.25, 0.3) is 0 Å². The molecule has 1 heterocycles. The molecular weight excluding hydrogens is 200 g/mol. The van der Waals surface area contributed by atoms with Gasteiger partial charge in [-0.2, -0.15) is 0 Å². The van der Waals surface area contributed by atoms with Crippen molar-refractivity contribution in [2.75, 3.05) is 12.4 Å². The zero-order valence-corrected chi connectivity index (χ0v) is 9.19. The van der Waals surface area contributed by atoms with Crippen LogP contribution in [0, 0.1) is 0 Å². The van der Waals surface area contributed by atoms with Gasteiger partial charge < -0.3 is 10.3 Å². The van der Waals surface area contributed by atoms with Crippen molar-refractivity contribution in [3.05, 3.63) is 24.0 Å². The Kier molecular flexibility index (Phi) is 3.58. The molecule has 0 unspecified atom stereocenters. The van der Waals surface area contributed by atoms with Gasteiger partial charge in [0, 0.05) is 24.4 Å². The number of carbonyl (C=O) groups is 1. The number of H-pyrrole nitrogens is 1. The summed E-state index contributed by atoms with van der Waals surface area (Å²) >= 11 is 5.39. The van der Waals surface area contributed by atoms with E-state index in [0.717, 1.165) is 0 Å². The first-order valence-electron chi connectivity index (χ1n) is 4.52. The summed E-state index contributed by atoms with van der Waals surface area (Å²) in [5.41, 5.74) is 1.11. The molecule has 0 aliphatic carbocycles. The Bertz CT molecular complexity index is 293. The Morgan fingerprint density at radius 2 is 2.36 bits per heavy atom. The van der Waals surface area contributed by atoms with Crippen LogP contribution in [0.4, 0.5) is 0 Å². The van der Waals surface area contributed by atoms with Gasteiger partial charge in [0.05, 0.1) is 0 Å². The van der Waals surface area contributed by atoms with Crippen molar-refractivity contribution in [3.8, 4) is 0 Å². The molecule has 78 valence electrons. The van der Waals surface area contributed by atoms with E-state index < -0.39 is 0 Å². The molecule has 1 aromatic heterocycles. The van der Waals surface area contributed by atoms with Crippen molar-refractivity contribution in [2.24, 2.45) is 0 Å². The highest BCUT2D eigenvalue weighted by Crippen LogP contribution is 2.21. The molecule has 3 nitrogen and oxygen atoms in total. The number of rotatable bonds is 4. The highest BCUT2D eigenvalue weighted by molar-refractivity contribution is 6.27. The summed E-state index contributed by atoms with van der Waals surface area (Å²) in [6.45, 7) is 4.74. The van der Waals surface area contributed by atoms with Crippen LogP contribution in [0.3, 0.4) is 0 Å². The van der Waals surface area contributed by atoms with Crippen LogP contribution in [-0.4, -0.2) is 23.3 Å². The standard InChI is InChI=1S/C10H15ClN2O/c1-10(2,7-13-9(14)5-11)8-3-4-12-6-8/h3-4,6,12H,5,7H2,1-2H3,(H,13,14). The highest BCUT2D eigenvalue weighted by Gasteiger charge is 2.21. The van der Waals surface area contributed by atoms with Crippen molar-refractivity contribution in [1.29, 1.82) is 0 Å². The lowest BCUT2D eigenvalue weighted by atomic mass is 9.86. The quantitative estimate of drug-likeness (QED) is 0.736. The van der Waals surface area contributed by atoms with Gasteiger partial charge in [-0.15, -0.1) is 11.6 Å². The van der Waals surface area contributed by atoms with E-state index in [9.17, 15) is 4.79 Å². The smallest absolute Gasteiger partial charge is 0.234 e. The molecule has 0 atom stereocenters. The van der Waals surface area contributed by atoms with Crippen molar-refractivity contribution in [1.82, 2.24) is 10.3 Å². The Hall–Kier alpha value is -0.960. The van der Waals surface area contributed by atoms with Crippen molar-refractivity contribution >= 4 is 17.5 Å². The van der Waals surface area contributed by atoms with Crippen molar-refractivity contribution in [3.63, 3.8) is 0 Å². The van der Waals surface area contributed by atoms with E-state index in [4.69, 9.17) is 11.6 Å². The number of alkyl halides is 1. The van der Waals surface area contributed by atoms with Crippen LogP contribution >= 0.6 is 11.6 Å². The normalized spacial score (nSPS) is 11.4. The molecule has 1 aromatic rings. The second-order valence-corrected chi connectivity index (χ2v) is 4.16. The number of hydrogen-bond acceptors (Lipinski definition) is 1. The minimum Gasteiger partial charge on any atom is -0.367 e. The SMILES string of the molecule is CC(C)(CNC(=O)CCl)c1cc[nH]c1. The predicted octanol–water partition coefficient (Wildman–Crippen LogP) is 1.65. The largest absolute Gasteiger partial charge is 0.367 e. The Balaban J connectivity index is 2.54. The fourth-order valence-corrected chi connectivity index (χ4v) is 1.31. The Morgan fingerprint density at radius 1 is 1.64 bits per heavy atom. The average molecular weight is 215 g/mol.